The largest absolute Gasteiger partial charge is 0.497 e. The van der Waals surface area contributed by atoms with Crippen LogP contribution in [0.5, 0.6) is 5.75 Å². The Balaban J connectivity index is 1.70. The van der Waals surface area contributed by atoms with Crippen LogP contribution >= 0.6 is 0 Å². The van der Waals surface area contributed by atoms with Crippen molar-refractivity contribution in [1.82, 2.24) is 15.1 Å². The maximum Gasteiger partial charge on any atom is 0.118 e. The molecule has 0 unspecified atom stereocenters. The molecule has 1 aliphatic heterocycles. The van der Waals surface area contributed by atoms with Gasteiger partial charge in [-0.15, -0.1) is 0 Å². The van der Waals surface area contributed by atoms with Crippen LogP contribution in [0.4, 0.5) is 0 Å². The first kappa shape index (κ1) is 15.3. The van der Waals surface area contributed by atoms with Crippen LogP contribution in [0.25, 0.3) is 0 Å². The van der Waals surface area contributed by atoms with Crippen molar-refractivity contribution in [3.05, 3.63) is 29.8 Å². The number of methoxy groups -OCH3 is 1. The summed E-state index contributed by atoms with van der Waals surface area (Å²) in [4.78, 5) is 4.93. The number of benzene rings is 1. The number of ether oxygens (including phenoxy) is 1. The number of likely N-dealkylation sites (N-methyl/N-ethyl adjacent to an activating group) is 1. The maximum absolute atomic E-state index is 5.19. The standard InChI is InChI=1S/C16H27N3O/c1-14(15-4-6-16(20-3)7-5-15)17-8-9-19-12-10-18(2)11-13-19/h4-7,14,17H,8-13H2,1-3H3/t14-/m0/s1. The number of nitrogens with one attached hydrogen (secondary N) is 1. The van der Waals surface area contributed by atoms with Crippen molar-refractivity contribution in [3.8, 4) is 5.75 Å². The monoisotopic (exact) mass is 277 g/mol. The van der Waals surface area contributed by atoms with Crippen molar-refractivity contribution in [3.63, 3.8) is 0 Å². The molecule has 1 fully saturated rings. The fourth-order valence-corrected chi connectivity index (χ4v) is 2.52. The molecule has 1 aromatic carbocycles. The highest BCUT2D eigenvalue weighted by Gasteiger charge is 2.13. The summed E-state index contributed by atoms with van der Waals surface area (Å²) in [5, 5.41) is 3.60. The van der Waals surface area contributed by atoms with Crippen molar-refractivity contribution in [2.24, 2.45) is 0 Å². The molecule has 0 bridgehead atoms. The minimum Gasteiger partial charge on any atom is -0.497 e. The molecule has 1 saturated heterocycles. The fourth-order valence-electron chi connectivity index (χ4n) is 2.52. The van der Waals surface area contributed by atoms with Crippen LogP contribution in [0.15, 0.2) is 24.3 Å². The minimum atomic E-state index is 0.383. The van der Waals surface area contributed by atoms with Gasteiger partial charge in [-0.05, 0) is 31.7 Å². The van der Waals surface area contributed by atoms with Crippen molar-refractivity contribution in [1.29, 1.82) is 0 Å². The molecule has 4 heteroatoms. The molecule has 1 aromatic rings. The second-order valence-electron chi connectivity index (χ2n) is 5.59. The summed E-state index contributed by atoms with van der Waals surface area (Å²) in [6.45, 7) is 9.14. The quantitative estimate of drug-likeness (QED) is 0.855. The third kappa shape index (κ3) is 4.47. The average Bonchev–Trinajstić information content (AvgIpc) is 2.49. The molecule has 2 rings (SSSR count). The molecule has 20 heavy (non-hydrogen) atoms. The molecular formula is C16H27N3O. The van der Waals surface area contributed by atoms with Crippen LogP contribution < -0.4 is 10.1 Å². The van der Waals surface area contributed by atoms with Crippen molar-refractivity contribution in [2.75, 3.05) is 53.4 Å². The summed E-state index contributed by atoms with van der Waals surface area (Å²) in [6.07, 6.45) is 0. The Morgan fingerprint density at radius 1 is 1.15 bits per heavy atom. The smallest absolute Gasteiger partial charge is 0.118 e. The van der Waals surface area contributed by atoms with E-state index < -0.39 is 0 Å². The fraction of sp³-hybridized carbons (Fsp3) is 0.625. The third-order valence-corrected chi connectivity index (χ3v) is 4.09. The van der Waals surface area contributed by atoms with Gasteiger partial charge in [-0.1, -0.05) is 12.1 Å². The van der Waals surface area contributed by atoms with E-state index in [-0.39, 0.29) is 0 Å². The topological polar surface area (TPSA) is 27.7 Å². The highest BCUT2D eigenvalue weighted by atomic mass is 16.5. The Hall–Kier alpha value is -1.10. The van der Waals surface area contributed by atoms with Crippen molar-refractivity contribution >= 4 is 0 Å². The molecule has 112 valence electrons. The zero-order valence-corrected chi connectivity index (χ0v) is 12.9. The molecule has 0 aliphatic carbocycles. The molecule has 4 nitrogen and oxygen atoms in total. The van der Waals surface area contributed by atoms with Crippen LogP contribution in [-0.2, 0) is 0 Å². The van der Waals surface area contributed by atoms with Crippen molar-refractivity contribution in [2.45, 2.75) is 13.0 Å². The number of hydrogen-bond acceptors (Lipinski definition) is 4. The van der Waals surface area contributed by atoms with Crippen LogP contribution in [0.1, 0.15) is 18.5 Å². The van der Waals surface area contributed by atoms with E-state index in [0.29, 0.717) is 6.04 Å². The Morgan fingerprint density at radius 2 is 1.80 bits per heavy atom. The first-order valence-electron chi connectivity index (χ1n) is 7.47. The van der Waals surface area contributed by atoms with E-state index in [0.717, 1.165) is 18.8 Å². The van der Waals surface area contributed by atoms with Crippen LogP contribution in [0, 0.1) is 0 Å². The molecule has 0 radical (unpaired) electrons. The van der Waals surface area contributed by atoms with E-state index in [1.807, 2.05) is 12.1 Å². The van der Waals surface area contributed by atoms with Gasteiger partial charge in [0.25, 0.3) is 0 Å². The van der Waals surface area contributed by atoms with Gasteiger partial charge in [0.15, 0.2) is 0 Å². The van der Waals surface area contributed by atoms with Gasteiger partial charge in [0.2, 0.25) is 0 Å². The summed E-state index contributed by atoms with van der Waals surface area (Å²) in [6, 6.07) is 8.69. The van der Waals surface area contributed by atoms with Gasteiger partial charge < -0.3 is 15.0 Å². The molecule has 0 aromatic heterocycles. The Kier molecular flexibility index (Phi) is 5.83. The second kappa shape index (κ2) is 7.62. The van der Waals surface area contributed by atoms with Crippen LogP contribution in [-0.4, -0.2) is 63.2 Å². The first-order valence-corrected chi connectivity index (χ1v) is 7.47. The lowest BCUT2D eigenvalue weighted by atomic mass is 10.1. The van der Waals surface area contributed by atoms with Gasteiger partial charge in [-0.3, -0.25) is 4.90 Å². The molecule has 1 N–H and O–H groups in total. The summed E-state index contributed by atoms with van der Waals surface area (Å²) in [7, 11) is 3.90. The normalized spacial score (nSPS) is 18.9. The number of nitrogens with zero attached hydrogens (tertiary/aromatic N) is 2. The maximum atomic E-state index is 5.19. The summed E-state index contributed by atoms with van der Waals surface area (Å²) < 4.78 is 5.19. The molecule has 1 heterocycles. The number of hydrogen-bond donors (Lipinski definition) is 1. The molecule has 0 saturated carbocycles. The van der Waals surface area contributed by atoms with Crippen LogP contribution in [0.2, 0.25) is 0 Å². The molecular weight excluding hydrogens is 250 g/mol. The lowest BCUT2D eigenvalue weighted by Gasteiger charge is -2.32. The zero-order chi connectivity index (χ0) is 14.4. The van der Waals surface area contributed by atoms with E-state index in [1.165, 1.54) is 31.7 Å². The van der Waals surface area contributed by atoms with E-state index in [9.17, 15) is 0 Å². The summed E-state index contributed by atoms with van der Waals surface area (Å²) >= 11 is 0. The van der Waals surface area contributed by atoms with Crippen molar-refractivity contribution < 1.29 is 4.74 Å². The van der Waals surface area contributed by atoms with E-state index >= 15 is 0 Å². The number of rotatable bonds is 6. The van der Waals surface area contributed by atoms with Gasteiger partial charge in [-0.2, -0.15) is 0 Å². The SMILES string of the molecule is COc1ccc([C@H](C)NCCN2CCN(C)CC2)cc1. The third-order valence-electron chi connectivity index (χ3n) is 4.09. The predicted molar refractivity (Wildman–Crippen MR) is 83.3 cm³/mol. The summed E-state index contributed by atoms with van der Waals surface area (Å²) in [5.41, 5.74) is 1.31. The highest BCUT2D eigenvalue weighted by Crippen LogP contribution is 2.16. The summed E-state index contributed by atoms with van der Waals surface area (Å²) in [5.74, 6) is 0.915. The van der Waals surface area contributed by atoms with E-state index in [1.54, 1.807) is 7.11 Å². The zero-order valence-electron chi connectivity index (χ0n) is 12.9. The molecule has 0 amide bonds. The Bertz CT molecular complexity index is 385. The highest BCUT2D eigenvalue weighted by molar-refractivity contribution is 5.28. The molecule has 1 atom stereocenters. The van der Waals surface area contributed by atoms with Gasteiger partial charge in [0, 0.05) is 45.3 Å². The lowest BCUT2D eigenvalue weighted by Crippen LogP contribution is -2.46. The van der Waals surface area contributed by atoms with Gasteiger partial charge >= 0.3 is 0 Å². The minimum absolute atomic E-state index is 0.383. The Labute approximate surface area is 122 Å². The first-order chi connectivity index (χ1) is 9.69. The lowest BCUT2D eigenvalue weighted by molar-refractivity contribution is 0.154. The predicted octanol–water partition coefficient (Wildman–Crippen LogP) is 1.59. The van der Waals surface area contributed by atoms with Gasteiger partial charge in [0.05, 0.1) is 7.11 Å². The molecule has 1 aliphatic rings. The van der Waals surface area contributed by atoms with E-state index in [2.05, 4.69) is 41.2 Å². The van der Waals surface area contributed by atoms with Crippen LogP contribution in [0.3, 0.4) is 0 Å². The Morgan fingerprint density at radius 3 is 2.40 bits per heavy atom. The van der Waals surface area contributed by atoms with Gasteiger partial charge in [-0.25, -0.2) is 0 Å². The van der Waals surface area contributed by atoms with E-state index in [4.69, 9.17) is 4.74 Å². The average molecular weight is 277 g/mol. The second-order valence-corrected chi connectivity index (χ2v) is 5.59. The molecule has 0 spiro atoms. The van der Waals surface area contributed by atoms with Gasteiger partial charge in [0.1, 0.15) is 5.75 Å². The number of piperazine rings is 1.